The molecular weight excluding hydrogens is 299 g/mol. The molecule has 0 fully saturated rings. The van der Waals surface area contributed by atoms with Gasteiger partial charge in [-0.05, 0) is 49.6 Å². The molecule has 0 amide bonds. The third kappa shape index (κ3) is 5.40. The topological polar surface area (TPSA) is 58.2 Å². The summed E-state index contributed by atoms with van der Waals surface area (Å²) >= 11 is 1.73. The maximum absolute atomic E-state index is 13.3. The zero-order valence-corrected chi connectivity index (χ0v) is 13.4. The number of nitrogens with one attached hydrogen (secondary N) is 2. The molecule has 0 aromatic heterocycles. The summed E-state index contributed by atoms with van der Waals surface area (Å²) in [6, 6.07) is 3.83. The number of unbranched alkanes of at least 4 members (excludes halogenated alkanes) is 1. The zero-order chi connectivity index (χ0) is 15.0. The number of hydrogen-bond donors (Lipinski definition) is 2. The van der Waals surface area contributed by atoms with Crippen molar-refractivity contribution in [1.29, 1.82) is 0 Å². The van der Waals surface area contributed by atoms with Crippen molar-refractivity contribution in [3.63, 3.8) is 0 Å². The summed E-state index contributed by atoms with van der Waals surface area (Å²) in [5.41, 5.74) is 0.561. The summed E-state index contributed by atoms with van der Waals surface area (Å²) in [5.74, 6) is 0.458. The third-order valence-electron chi connectivity index (χ3n) is 2.75. The predicted octanol–water partition coefficient (Wildman–Crippen LogP) is 1.97. The largest absolute Gasteiger partial charge is 0.316 e. The van der Waals surface area contributed by atoms with Gasteiger partial charge in [0.05, 0.1) is 4.90 Å². The van der Waals surface area contributed by atoms with E-state index in [1.165, 1.54) is 12.1 Å². The van der Waals surface area contributed by atoms with E-state index in [0.29, 0.717) is 18.7 Å². The normalized spacial score (nSPS) is 11.8. The van der Waals surface area contributed by atoms with E-state index in [9.17, 15) is 12.8 Å². The van der Waals surface area contributed by atoms with Gasteiger partial charge < -0.3 is 5.32 Å². The van der Waals surface area contributed by atoms with E-state index >= 15 is 0 Å². The third-order valence-corrected chi connectivity index (χ3v) is 4.99. The molecule has 114 valence electrons. The van der Waals surface area contributed by atoms with Crippen LogP contribution in [0.25, 0.3) is 0 Å². The molecule has 0 aliphatic carbocycles. The molecule has 1 aromatic rings. The molecule has 0 unspecified atom stereocenters. The maximum atomic E-state index is 13.3. The summed E-state index contributed by atoms with van der Waals surface area (Å²) in [5, 5.41) is 2.88. The summed E-state index contributed by atoms with van der Waals surface area (Å²) in [6.07, 6.45) is 3.74. The van der Waals surface area contributed by atoms with E-state index in [0.717, 1.165) is 24.7 Å². The van der Waals surface area contributed by atoms with Gasteiger partial charge in [0.1, 0.15) is 5.82 Å². The Labute approximate surface area is 124 Å². The van der Waals surface area contributed by atoms with Crippen molar-refractivity contribution in [2.24, 2.45) is 0 Å². The first-order chi connectivity index (χ1) is 9.51. The fourth-order valence-electron chi connectivity index (χ4n) is 1.77. The van der Waals surface area contributed by atoms with Crippen LogP contribution in [0, 0.1) is 5.82 Å². The van der Waals surface area contributed by atoms with Gasteiger partial charge in [-0.1, -0.05) is 6.07 Å². The Kier molecular flexibility index (Phi) is 7.50. The van der Waals surface area contributed by atoms with Crippen molar-refractivity contribution in [1.82, 2.24) is 10.0 Å². The Morgan fingerprint density at radius 3 is 2.70 bits per heavy atom. The van der Waals surface area contributed by atoms with E-state index in [2.05, 4.69) is 10.0 Å². The van der Waals surface area contributed by atoms with Crippen molar-refractivity contribution in [2.75, 3.05) is 25.6 Å². The molecule has 0 bridgehead atoms. The molecule has 7 heteroatoms. The molecule has 0 heterocycles. The SMILES string of the molecule is CNCc1ccc(F)cc1S(=O)(=O)NCCCCSC. The van der Waals surface area contributed by atoms with E-state index < -0.39 is 15.8 Å². The van der Waals surface area contributed by atoms with Gasteiger partial charge in [0.15, 0.2) is 0 Å². The number of rotatable bonds is 9. The number of halogens is 1. The van der Waals surface area contributed by atoms with Gasteiger partial charge in [-0.25, -0.2) is 17.5 Å². The van der Waals surface area contributed by atoms with Crippen LogP contribution in [0.15, 0.2) is 23.1 Å². The van der Waals surface area contributed by atoms with Crippen LogP contribution in [-0.2, 0) is 16.6 Å². The van der Waals surface area contributed by atoms with Crippen LogP contribution in [0.4, 0.5) is 4.39 Å². The van der Waals surface area contributed by atoms with Gasteiger partial charge in [-0.15, -0.1) is 0 Å². The lowest BCUT2D eigenvalue weighted by Crippen LogP contribution is -2.26. The Balaban J connectivity index is 2.77. The smallest absolute Gasteiger partial charge is 0.240 e. The molecule has 0 saturated carbocycles. The first-order valence-electron chi connectivity index (χ1n) is 6.43. The van der Waals surface area contributed by atoms with Crippen LogP contribution < -0.4 is 10.0 Å². The molecule has 0 atom stereocenters. The van der Waals surface area contributed by atoms with Crippen molar-refractivity contribution in [2.45, 2.75) is 24.3 Å². The van der Waals surface area contributed by atoms with E-state index in [-0.39, 0.29) is 4.90 Å². The van der Waals surface area contributed by atoms with Gasteiger partial charge in [-0.3, -0.25) is 0 Å². The van der Waals surface area contributed by atoms with Crippen LogP contribution in [-0.4, -0.2) is 34.0 Å². The Hall–Kier alpha value is -0.630. The van der Waals surface area contributed by atoms with Crippen LogP contribution in [0.1, 0.15) is 18.4 Å². The minimum atomic E-state index is -3.66. The Morgan fingerprint density at radius 1 is 1.30 bits per heavy atom. The highest BCUT2D eigenvalue weighted by Crippen LogP contribution is 2.17. The number of thioether (sulfide) groups is 1. The van der Waals surface area contributed by atoms with Crippen LogP contribution in [0.3, 0.4) is 0 Å². The number of benzene rings is 1. The fourth-order valence-corrected chi connectivity index (χ4v) is 3.59. The second-order valence-electron chi connectivity index (χ2n) is 4.38. The molecule has 4 nitrogen and oxygen atoms in total. The van der Waals surface area contributed by atoms with Crippen molar-refractivity contribution < 1.29 is 12.8 Å². The summed E-state index contributed by atoms with van der Waals surface area (Å²) in [7, 11) is -1.94. The van der Waals surface area contributed by atoms with Crippen molar-refractivity contribution in [3.05, 3.63) is 29.6 Å². The van der Waals surface area contributed by atoms with Gasteiger partial charge in [0.25, 0.3) is 0 Å². The fraction of sp³-hybridized carbons (Fsp3) is 0.538. The molecule has 20 heavy (non-hydrogen) atoms. The van der Waals surface area contributed by atoms with Gasteiger partial charge >= 0.3 is 0 Å². The molecule has 1 aromatic carbocycles. The monoisotopic (exact) mass is 320 g/mol. The second-order valence-corrected chi connectivity index (χ2v) is 7.10. The molecule has 0 spiro atoms. The zero-order valence-electron chi connectivity index (χ0n) is 11.8. The predicted molar refractivity (Wildman–Crippen MR) is 82.0 cm³/mol. The van der Waals surface area contributed by atoms with Gasteiger partial charge in [-0.2, -0.15) is 11.8 Å². The first-order valence-corrected chi connectivity index (χ1v) is 9.30. The van der Waals surface area contributed by atoms with Crippen molar-refractivity contribution >= 4 is 21.8 Å². The highest BCUT2D eigenvalue weighted by molar-refractivity contribution is 7.98. The Morgan fingerprint density at radius 2 is 2.05 bits per heavy atom. The molecule has 0 aliphatic rings. The average Bonchev–Trinajstić information content (AvgIpc) is 2.40. The molecular formula is C13H21FN2O2S2. The van der Waals surface area contributed by atoms with Crippen molar-refractivity contribution in [3.8, 4) is 0 Å². The Bertz CT molecular complexity index is 521. The number of sulfonamides is 1. The summed E-state index contributed by atoms with van der Waals surface area (Å²) in [6.45, 7) is 0.751. The highest BCUT2D eigenvalue weighted by Gasteiger charge is 2.18. The lowest BCUT2D eigenvalue weighted by molar-refractivity contribution is 0.572. The van der Waals surface area contributed by atoms with Crippen LogP contribution in [0.2, 0.25) is 0 Å². The van der Waals surface area contributed by atoms with E-state index in [4.69, 9.17) is 0 Å². The van der Waals surface area contributed by atoms with E-state index in [1.54, 1.807) is 18.8 Å². The van der Waals surface area contributed by atoms with Gasteiger partial charge in [0.2, 0.25) is 10.0 Å². The molecule has 0 saturated heterocycles. The number of hydrogen-bond acceptors (Lipinski definition) is 4. The molecule has 0 aliphatic heterocycles. The lowest BCUT2D eigenvalue weighted by atomic mass is 10.2. The molecule has 1 rings (SSSR count). The summed E-state index contributed by atoms with van der Waals surface area (Å²) < 4.78 is 40.2. The second kappa shape index (κ2) is 8.61. The quantitative estimate of drug-likeness (QED) is 0.683. The molecule has 0 radical (unpaired) electrons. The average molecular weight is 320 g/mol. The first kappa shape index (κ1) is 17.4. The summed E-state index contributed by atoms with van der Waals surface area (Å²) in [4.78, 5) is 0.0108. The van der Waals surface area contributed by atoms with Crippen LogP contribution in [0.5, 0.6) is 0 Å². The van der Waals surface area contributed by atoms with Crippen LogP contribution >= 0.6 is 11.8 Å². The maximum Gasteiger partial charge on any atom is 0.240 e. The van der Waals surface area contributed by atoms with E-state index in [1.807, 2.05) is 6.26 Å². The van der Waals surface area contributed by atoms with Gasteiger partial charge in [0, 0.05) is 13.1 Å². The minimum absolute atomic E-state index is 0.0108. The minimum Gasteiger partial charge on any atom is -0.316 e. The standard InChI is InChI=1S/C13H21FN2O2S2/c1-15-10-11-5-6-12(14)9-13(11)20(17,18)16-7-3-4-8-19-2/h5-6,9,15-16H,3-4,7-8,10H2,1-2H3. The highest BCUT2D eigenvalue weighted by atomic mass is 32.2. The molecule has 2 N–H and O–H groups in total. The lowest BCUT2D eigenvalue weighted by Gasteiger charge is -2.11.